The minimum Gasteiger partial charge on any atom is -0.325 e. The molecule has 2 fully saturated rings. The van der Waals surface area contributed by atoms with Crippen LogP contribution in [0, 0.1) is 6.92 Å². The molecule has 2 heterocycles. The third-order valence-electron chi connectivity index (χ3n) is 5.09. The van der Waals surface area contributed by atoms with Crippen molar-refractivity contribution >= 4 is 33.4 Å². The van der Waals surface area contributed by atoms with Gasteiger partial charge in [0.1, 0.15) is 0 Å². The first-order chi connectivity index (χ1) is 13.9. The highest BCUT2D eigenvalue weighted by molar-refractivity contribution is 7.99. The van der Waals surface area contributed by atoms with E-state index in [4.69, 9.17) is 0 Å². The van der Waals surface area contributed by atoms with Crippen LogP contribution in [0.2, 0.25) is 0 Å². The van der Waals surface area contributed by atoms with Gasteiger partial charge in [0.05, 0.1) is 16.7 Å². The van der Waals surface area contributed by atoms with Gasteiger partial charge in [0, 0.05) is 18.8 Å². The number of piperidine rings is 1. The molecule has 0 spiro atoms. The van der Waals surface area contributed by atoms with Crippen LogP contribution in [0.15, 0.2) is 28.3 Å². The number of tetrazole rings is 1. The van der Waals surface area contributed by atoms with E-state index in [9.17, 15) is 13.2 Å². The number of nitrogens with zero attached hydrogens (tertiary/aromatic N) is 5. The molecule has 1 aromatic heterocycles. The molecular weight excluding hydrogens is 412 g/mol. The van der Waals surface area contributed by atoms with Crippen molar-refractivity contribution in [1.29, 1.82) is 0 Å². The Morgan fingerprint density at radius 2 is 2.00 bits per heavy atom. The molecule has 1 aliphatic carbocycles. The van der Waals surface area contributed by atoms with Crippen molar-refractivity contribution in [3.8, 4) is 0 Å². The first-order valence-electron chi connectivity index (χ1n) is 9.76. The van der Waals surface area contributed by atoms with Crippen molar-refractivity contribution in [3.63, 3.8) is 0 Å². The van der Waals surface area contributed by atoms with Crippen LogP contribution >= 0.6 is 11.8 Å². The molecule has 2 aromatic rings. The summed E-state index contributed by atoms with van der Waals surface area (Å²) in [5.74, 6) is -0.0830. The van der Waals surface area contributed by atoms with Crippen LogP contribution in [-0.4, -0.2) is 57.7 Å². The number of carbonyl (C=O) groups is 1. The van der Waals surface area contributed by atoms with Gasteiger partial charge in [0.15, 0.2) is 0 Å². The molecule has 1 N–H and O–H groups in total. The Morgan fingerprint density at radius 3 is 2.72 bits per heavy atom. The maximum absolute atomic E-state index is 13.0. The van der Waals surface area contributed by atoms with E-state index in [0.717, 1.165) is 32.1 Å². The van der Waals surface area contributed by atoms with Crippen molar-refractivity contribution in [2.24, 2.45) is 0 Å². The van der Waals surface area contributed by atoms with Crippen LogP contribution in [0.5, 0.6) is 0 Å². The lowest BCUT2D eigenvalue weighted by Crippen LogP contribution is -2.36. The second kappa shape index (κ2) is 8.41. The van der Waals surface area contributed by atoms with Crippen molar-refractivity contribution in [1.82, 2.24) is 24.5 Å². The molecule has 0 atom stereocenters. The SMILES string of the molecule is Cc1ccc(NC(=O)CSc2nnnn2C2CC2)cc1S(=O)(=O)N1CCCCC1. The van der Waals surface area contributed by atoms with Crippen LogP contribution in [0.3, 0.4) is 0 Å². The monoisotopic (exact) mass is 436 g/mol. The highest BCUT2D eigenvalue weighted by Gasteiger charge is 2.29. The van der Waals surface area contributed by atoms with Gasteiger partial charge in [-0.15, -0.1) is 5.10 Å². The third kappa shape index (κ3) is 4.62. The number of nitrogens with one attached hydrogen (secondary N) is 1. The fraction of sp³-hybridized carbons (Fsp3) is 0.556. The lowest BCUT2D eigenvalue weighted by Gasteiger charge is -2.26. The van der Waals surface area contributed by atoms with Crippen molar-refractivity contribution in [2.75, 3.05) is 24.2 Å². The molecule has 29 heavy (non-hydrogen) atoms. The first-order valence-corrected chi connectivity index (χ1v) is 12.2. The minimum absolute atomic E-state index is 0.148. The minimum atomic E-state index is -3.56. The molecule has 11 heteroatoms. The molecule has 156 valence electrons. The second-order valence-electron chi connectivity index (χ2n) is 7.42. The van der Waals surface area contributed by atoms with Crippen molar-refractivity contribution < 1.29 is 13.2 Å². The molecule has 1 saturated heterocycles. The quantitative estimate of drug-likeness (QED) is 0.663. The Labute approximate surface area is 174 Å². The lowest BCUT2D eigenvalue weighted by atomic mass is 10.2. The maximum atomic E-state index is 13.0. The summed E-state index contributed by atoms with van der Waals surface area (Å²) in [4.78, 5) is 12.6. The summed E-state index contributed by atoms with van der Waals surface area (Å²) in [6, 6.07) is 5.35. The number of thioether (sulfide) groups is 1. The van der Waals surface area contributed by atoms with E-state index in [1.807, 2.05) is 0 Å². The summed E-state index contributed by atoms with van der Waals surface area (Å²) in [6.07, 6.45) is 4.94. The molecule has 9 nitrogen and oxygen atoms in total. The summed E-state index contributed by atoms with van der Waals surface area (Å²) in [7, 11) is -3.56. The molecule has 1 amide bonds. The maximum Gasteiger partial charge on any atom is 0.243 e. The van der Waals surface area contributed by atoms with Crippen LogP contribution in [-0.2, 0) is 14.8 Å². The molecule has 0 radical (unpaired) electrons. The van der Waals surface area contributed by atoms with Crippen LogP contribution in [0.1, 0.15) is 43.7 Å². The number of anilines is 1. The fourth-order valence-corrected chi connectivity index (χ4v) is 5.87. The summed E-state index contributed by atoms with van der Waals surface area (Å²) >= 11 is 1.27. The summed E-state index contributed by atoms with van der Waals surface area (Å²) < 4.78 is 29.3. The van der Waals surface area contributed by atoms with Gasteiger partial charge in [0.25, 0.3) is 0 Å². The largest absolute Gasteiger partial charge is 0.325 e. The smallest absolute Gasteiger partial charge is 0.243 e. The second-order valence-corrected chi connectivity index (χ2v) is 10.3. The summed E-state index contributed by atoms with van der Waals surface area (Å²) in [5.41, 5.74) is 1.14. The van der Waals surface area contributed by atoms with E-state index in [0.29, 0.717) is 35.5 Å². The van der Waals surface area contributed by atoms with E-state index in [2.05, 4.69) is 20.8 Å². The van der Waals surface area contributed by atoms with Gasteiger partial charge in [-0.1, -0.05) is 24.2 Å². The molecule has 1 saturated carbocycles. The number of amides is 1. The number of sulfonamides is 1. The van der Waals surface area contributed by atoms with Crippen LogP contribution in [0.4, 0.5) is 5.69 Å². The van der Waals surface area contributed by atoms with Crippen molar-refractivity contribution in [3.05, 3.63) is 23.8 Å². The fourth-order valence-electron chi connectivity index (χ4n) is 3.36. The predicted molar refractivity (Wildman–Crippen MR) is 109 cm³/mol. The van der Waals surface area contributed by atoms with Gasteiger partial charge in [0.2, 0.25) is 21.1 Å². The molecule has 1 aliphatic heterocycles. The normalized spacial score (nSPS) is 18.0. The predicted octanol–water partition coefficient (Wildman–Crippen LogP) is 2.22. The van der Waals surface area contributed by atoms with Crippen molar-refractivity contribution in [2.45, 2.75) is 55.1 Å². The van der Waals surface area contributed by atoms with Gasteiger partial charge in [-0.2, -0.15) is 4.31 Å². The Kier molecular flexibility index (Phi) is 5.88. The number of carbonyl (C=O) groups excluding carboxylic acids is 1. The lowest BCUT2D eigenvalue weighted by molar-refractivity contribution is -0.113. The topological polar surface area (TPSA) is 110 Å². The first kappa shape index (κ1) is 20.3. The number of benzene rings is 1. The van der Waals surface area contributed by atoms with Gasteiger partial charge < -0.3 is 5.32 Å². The zero-order valence-electron chi connectivity index (χ0n) is 16.2. The number of aromatic nitrogens is 4. The standard InChI is InChI=1S/C18H24N6O3S2/c1-13-5-6-14(11-16(13)29(26,27)23-9-3-2-4-10-23)19-17(25)12-28-18-20-21-22-24(18)15-7-8-15/h5-6,11,15H,2-4,7-10,12H2,1H3,(H,19,25). The Balaban J connectivity index is 1.43. The van der Waals surface area contributed by atoms with E-state index in [1.54, 1.807) is 29.8 Å². The third-order valence-corrected chi connectivity index (χ3v) is 8.07. The van der Waals surface area contributed by atoms with Gasteiger partial charge in [-0.25, -0.2) is 13.1 Å². The van der Waals surface area contributed by atoms with Crippen LogP contribution < -0.4 is 5.32 Å². The summed E-state index contributed by atoms with van der Waals surface area (Å²) in [6.45, 7) is 2.87. The Bertz CT molecular complexity index is 997. The van der Waals surface area contributed by atoms with E-state index >= 15 is 0 Å². The average molecular weight is 437 g/mol. The number of hydrogen-bond acceptors (Lipinski definition) is 7. The number of hydrogen-bond donors (Lipinski definition) is 1. The average Bonchev–Trinajstić information content (AvgIpc) is 3.46. The zero-order chi connectivity index (χ0) is 20.4. The molecule has 0 bridgehead atoms. The van der Waals surface area contributed by atoms with E-state index in [-0.39, 0.29) is 16.6 Å². The van der Waals surface area contributed by atoms with Gasteiger partial charge in [-0.3, -0.25) is 4.79 Å². The number of rotatable bonds is 7. The van der Waals surface area contributed by atoms with Crippen LogP contribution in [0.25, 0.3) is 0 Å². The molecule has 1 aromatic carbocycles. The summed E-state index contributed by atoms with van der Waals surface area (Å²) in [5, 5.41) is 15.0. The molecule has 0 unspecified atom stereocenters. The Hall–Kier alpha value is -1.98. The highest BCUT2D eigenvalue weighted by Crippen LogP contribution is 2.36. The highest BCUT2D eigenvalue weighted by atomic mass is 32.2. The molecular formula is C18H24N6O3S2. The zero-order valence-corrected chi connectivity index (χ0v) is 17.9. The molecule has 4 rings (SSSR count). The van der Waals surface area contributed by atoms with Gasteiger partial charge in [-0.05, 0) is 60.7 Å². The molecule has 2 aliphatic rings. The van der Waals surface area contributed by atoms with E-state index < -0.39 is 10.0 Å². The van der Waals surface area contributed by atoms with Gasteiger partial charge >= 0.3 is 0 Å². The van der Waals surface area contributed by atoms with E-state index in [1.165, 1.54) is 16.1 Å². The Morgan fingerprint density at radius 1 is 1.24 bits per heavy atom. The number of aryl methyl sites for hydroxylation is 1.